The topological polar surface area (TPSA) is 127 Å². The zero-order valence-electron chi connectivity index (χ0n) is 20.3. The van der Waals surface area contributed by atoms with E-state index in [4.69, 9.17) is 14.2 Å². The van der Waals surface area contributed by atoms with Crippen LogP contribution in [-0.2, 0) is 11.2 Å². The van der Waals surface area contributed by atoms with Gasteiger partial charge in [0.25, 0.3) is 11.8 Å². The molecule has 0 radical (unpaired) electrons. The Balaban J connectivity index is 1.31. The van der Waals surface area contributed by atoms with Gasteiger partial charge in [-0.05, 0) is 42.5 Å². The van der Waals surface area contributed by atoms with Gasteiger partial charge in [-0.3, -0.25) is 9.59 Å². The first-order chi connectivity index (χ1) is 18.1. The summed E-state index contributed by atoms with van der Waals surface area (Å²) in [5, 5.41) is 5.62. The lowest BCUT2D eigenvalue weighted by molar-refractivity contribution is -0.118. The highest BCUT2D eigenvalue weighted by Crippen LogP contribution is 2.32. The van der Waals surface area contributed by atoms with Crippen molar-refractivity contribution in [3.63, 3.8) is 0 Å². The fourth-order valence-electron chi connectivity index (χ4n) is 4.08. The first kappa shape index (κ1) is 23.9. The molecule has 0 fully saturated rings. The van der Waals surface area contributed by atoms with Gasteiger partial charge in [0.15, 0.2) is 23.9 Å². The molecule has 3 N–H and O–H groups in total. The Morgan fingerprint density at radius 3 is 2.68 bits per heavy atom. The summed E-state index contributed by atoms with van der Waals surface area (Å²) in [6, 6.07) is 16.0. The van der Waals surface area contributed by atoms with Gasteiger partial charge < -0.3 is 29.8 Å². The van der Waals surface area contributed by atoms with Gasteiger partial charge in [-0.15, -0.1) is 0 Å². The van der Waals surface area contributed by atoms with Crippen molar-refractivity contribution in [3.05, 3.63) is 72.1 Å². The van der Waals surface area contributed by atoms with Crippen LogP contribution in [0.5, 0.6) is 17.2 Å². The van der Waals surface area contributed by atoms with Gasteiger partial charge in [0.05, 0.1) is 36.9 Å². The van der Waals surface area contributed by atoms with E-state index in [1.54, 1.807) is 48.7 Å². The lowest BCUT2D eigenvalue weighted by Crippen LogP contribution is -2.31. The van der Waals surface area contributed by atoms with Crippen molar-refractivity contribution >= 4 is 17.5 Å². The quantitative estimate of drug-likeness (QED) is 0.339. The van der Waals surface area contributed by atoms with Crippen molar-refractivity contribution in [2.45, 2.75) is 6.42 Å². The number of aromatic nitrogens is 3. The number of nitrogens with zero attached hydrogens (tertiary/aromatic N) is 2. The second kappa shape index (κ2) is 10.4. The second-order valence-electron chi connectivity index (χ2n) is 8.25. The maximum absolute atomic E-state index is 12.4. The zero-order valence-corrected chi connectivity index (χ0v) is 20.3. The molecule has 2 aromatic heterocycles. The van der Waals surface area contributed by atoms with Crippen molar-refractivity contribution in [1.29, 1.82) is 0 Å². The summed E-state index contributed by atoms with van der Waals surface area (Å²) in [4.78, 5) is 36.9. The molecule has 0 aliphatic carbocycles. The molecule has 0 saturated heterocycles. The van der Waals surface area contributed by atoms with Gasteiger partial charge in [-0.25, -0.2) is 9.97 Å². The molecule has 0 saturated carbocycles. The smallest absolute Gasteiger partial charge is 0.262 e. The molecule has 1 aliphatic heterocycles. The molecule has 0 bridgehead atoms. The third kappa shape index (κ3) is 5.08. The van der Waals surface area contributed by atoms with E-state index in [9.17, 15) is 9.59 Å². The number of aromatic amines is 1. The van der Waals surface area contributed by atoms with Crippen molar-refractivity contribution in [2.75, 3.05) is 32.7 Å². The van der Waals surface area contributed by atoms with Crippen LogP contribution in [0.2, 0.25) is 0 Å². The molecule has 2 amide bonds. The number of fused-ring (bicyclic) bond motifs is 1. The summed E-state index contributed by atoms with van der Waals surface area (Å²) in [5.74, 6) is 1.45. The number of carbonyl (C=O) groups is 2. The van der Waals surface area contributed by atoms with Crippen LogP contribution >= 0.6 is 0 Å². The molecule has 10 heteroatoms. The van der Waals surface area contributed by atoms with E-state index in [1.165, 1.54) is 14.2 Å². The lowest BCUT2D eigenvalue weighted by Gasteiger charge is -2.13. The van der Waals surface area contributed by atoms with Gasteiger partial charge in [0.2, 0.25) is 0 Å². The van der Waals surface area contributed by atoms with Crippen LogP contribution in [0, 0.1) is 0 Å². The Kier molecular flexibility index (Phi) is 6.71. The monoisotopic (exact) mass is 499 g/mol. The minimum atomic E-state index is -0.339. The normalized spacial score (nSPS) is 12.3. The summed E-state index contributed by atoms with van der Waals surface area (Å²) >= 11 is 0. The number of para-hydroxylation sites is 2. The van der Waals surface area contributed by atoms with Crippen LogP contribution in [-0.4, -0.2) is 54.1 Å². The van der Waals surface area contributed by atoms with Gasteiger partial charge in [-0.2, -0.15) is 0 Å². The van der Waals surface area contributed by atoms with E-state index < -0.39 is 0 Å². The van der Waals surface area contributed by atoms with Crippen molar-refractivity contribution in [1.82, 2.24) is 20.3 Å². The molecular formula is C27H25N5O5. The largest absolute Gasteiger partial charge is 0.495 e. The lowest BCUT2D eigenvalue weighted by atomic mass is 10.1. The molecule has 0 spiro atoms. The molecular weight excluding hydrogens is 474 g/mol. The van der Waals surface area contributed by atoms with E-state index in [2.05, 4.69) is 25.6 Å². The Morgan fingerprint density at radius 2 is 1.86 bits per heavy atom. The van der Waals surface area contributed by atoms with Crippen LogP contribution in [0.15, 0.2) is 60.8 Å². The number of anilines is 1. The maximum Gasteiger partial charge on any atom is 0.262 e. The van der Waals surface area contributed by atoms with E-state index >= 15 is 0 Å². The number of carbonyl (C=O) groups excluding carboxylic acids is 2. The molecule has 3 heterocycles. The molecule has 0 atom stereocenters. The van der Waals surface area contributed by atoms with E-state index in [0.717, 1.165) is 17.8 Å². The SMILES string of the molecule is COc1ccccc1NC(=O)COc1ccc(-c2nccc(-c3cc4c([nH]3)CCNC4=O)n2)cc1OC. The highest BCUT2D eigenvalue weighted by Gasteiger charge is 2.21. The number of methoxy groups -OCH3 is 2. The number of hydrogen-bond donors (Lipinski definition) is 3. The highest BCUT2D eigenvalue weighted by atomic mass is 16.5. The average molecular weight is 500 g/mol. The molecule has 10 nitrogen and oxygen atoms in total. The Hall–Kier alpha value is -4.86. The van der Waals surface area contributed by atoms with Crippen LogP contribution in [0.3, 0.4) is 0 Å². The van der Waals surface area contributed by atoms with Crippen LogP contribution in [0.1, 0.15) is 16.1 Å². The molecule has 4 aromatic rings. The number of rotatable bonds is 8. The Bertz CT molecular complexity index is 1470. The predicted octanol–water partition coefficient (Wildman–Crippen LogP) is 3.46. The number of benzene rings is 2. The summed E-state index contributed by atoms with van der Waals surface area (Å²) in [7, 11) is 3.06. The van der Waals surface area contributed by atoms with Crippen molar-refractivity contribution in [2.24, 2.45) is 0 Å². The van der Waals surface area contributed by atoms with Gasteiger partial charge in [-0.1, -0.05) is 12.1 Å². The number of nitrogens with one attached hydrogen (secondary N) is 3. The summed E-state index contributed by atoms with van der Waals surface area (Å²) < 4.78 is 16.5. The number of hydrogen-bond acceptors (Lipinski definition) is 7. The van der Waals surface area contributed by atoms with Crippen LogP contribution in [0.25, 0.3) is 22.8 Å². The van der Waals surface area contributed by atoms with Gasteiger partial charge >= 0.3 is 0 Å². The first-order valence-electron chi connectivity index (χ1n) is 11.6. The highest BCUT2D eigenvalue weighted by molar-refractivity contribution is 5.97. The van der Waals surface area contributed by atoms with Gasteiger partial charge in [0, 0.05) is 30.4 Å². The fraction of sp³-hybridized carbons (Fsp3) is 0.185. The molecule has 1 aliphatic rings. The molecule has 0 unspecified atom stereocenters. The van der Waals surface area contributed by atoms with E-state index in [-0.39, 0.29) is 18.4 Å². The van der Waals surface area contributed by atoms with Crippen LogP contribution < -0.4 is 24.8 Å². The Labute approximate surface area is 213 Å². The number of amides is 2. The standard InChI is InChI=1S/C27H25N5O5/c1-35-22-6-4-3-5-20(22)31-25(33)15-37-23-8-7-16(13-24(23)36-2)26-28-11-10-19(32-26)21-14-17-18(30-21)9-12-29-27(17)34/h3-8,10-11,13-14,30H,9,12,15H2,1-2H3,(H,29,34)(H,31,33). The average Bonchev–Trinajstić information content (AvgIpc) is 3.38. The molecule has 37 heavy (non-hydrogen) atoms. The first-order valence-corrected chi connectivity index (χ1v) is 11.6. The minimum absolute atomic E-state index is 0.0880. The van der Waals surface area contributed by atoms with Crippen LogP contribution in [0.4, 0.5) is 5.69 Å². The third-order valence-electron chi connectivity index (χ3n) is 5.90. The minimum Gasteiger partial charge on any atom is -0.495 e. The van der Waals surface area contributed by atoms with Gasteiger partial charge in [0.1, 0.15) is 5.75 Å². The second-order valence-corrected chi connectivity index (χ2v) is 8.25. The summed E-state index contributed by atoms with van der Waals surface area (Å²) in [6.07, 6.45) is 2.41. The predicted molar refractivity (Wildman–Crippen MR) is 137 cm³/mol. The number of H-pyrrole nitrogens is 1. The van der Waals surface area contributed by atoms with Crippen molar-refractivity contribution < 1.29 is 23.8 Å². The summed E-state index contributed by atoms with van der Waals surface area (Å²) in [5.41, 5.74) is 4.22. The Morgan fingerprint density at radius 1 is 1.03 bits per heavy atom. The molecule has 188 valence electrons. The fourth-order valence-corrected chi connectivity index (χ4v) is 4.08. The molecule has 2 aromatic carbocycles. The van der Waals surface area contributed by atoms with Crippen molar-refractivity contribution in [3.8, 4) is 40.0 Å². The zero-order chi connectivity index (χ0) is 25.8. The summed E-state index contributed by atoms with van der Waals surface area (Å²) in [6.45, 7) is 0.391. The van der Waals surface area contributed by atoms with E-state index in [1.807, 2.05) is 12.1 Å². The maximum atomic E-state index is 12.4. The number of ether oxygens (including phenoxy) is 3. The third-order valence-corrected chi connectivity index (χ3v) is 5.90. The van der Waals surface area contributed by atoms with E-state index in [0.29, 0.717) is 52.1 Å². The molecule has 5 rings (SSSR count).